The van der Waals surface area contributed by atoms with E-state index in [0.29, 0.717) is 5.41 Å². The van der Waals surface area contributed by atoms with Gasteiger partial charge in [0.2, 0.25) is 0 Å². The van der Waals surface area contributed by atoms with Crippen LogP contribution >= 0.6 is 0 Å². The summed E-state index contributed by atoms with van der Waals surface area (Å²) in [6.07, 6.45) is 4.60. The van der Waals surface area contributed by atoms with Gasteiger partial charge in [-0.15, -0.1) is 0 Å². The summed E-state index contributed by atoms with van der Waals surface area (Å²) >= 11 is 0. The average molecular weight is 193 g/mol. The lowest BCUT2D eigenvalue weighted by atomic mass is 9.90. The maximum Gasteiger partial charge on any atom is 0.0760 e. The van der Waals surface area contributed by atoms with Gasteiger partial charge in [0.25, 0.3) is 0 Å². The second-order valence-corrected chi connectivity index (χ2v) is 4.33. The molecule has 0 fully saturated rings. The van der Waals surface area contributed by atoms with E-state index in [4.69, 9.17) is 5.73 Å². The molecule has 0 aliphatic heterocycles. The minimum atomic E-state index is 0.294. The van der Waals surface area contributed by atoms with E-state index in [2.05, 4.69) is 31.1 Å². The van der Waals surface area contributed by atoms with Crippen molar-refractivity contribution in [3.05, 3.63) is 18.5 Å². The molecule has 0 amide bonds. The van der Waals surface area contributed by atoms with Crippen LogP contribution in [0.25, 0.3) is 0 Å². The number of nitrogen functional groups attached to an aromatic ring is 1. The molecule has 0 atom stereocenters. The van der Waals surface area contributed by atoms with E-state index in [1.54, 1.807) is 18.5 Å². The summed E-state index contributed by atoms with van der Waals surface area (Å²) in [5.74, 6) is 0. The number of hydrogen-bond acceptors (Lipinski definition) is 3. The van der Waals surface area contributed by atoms with Gasteiger partial charge in [0.05, 0.1) is 17.6 Å². The largest absolute Gasteiger partial charge is 0.397 e. The first kappa shape index (κ1) is 10.8. The monoisotopic (exact) mass is 193 g/mol. The van der Waals surface area contributed by atoms with Gasteiger partial charge in [0, 0.05) is 12.7 Å². The van der Waals surface area contributed by atoms with Crippen LogP contribution in [0, 0.1) is 5.41 Å². The molecule has 3 N–H and O–H groups in total. The zero-order chi connectivity index (χ0) is 10.6. The quantitative estimate of drug-likeness (QED) is 0.772. The number of pyridine rings is 1. The summed E-state index contributed by atoms with van der Waals surface area (Å²) < 4.78 is 0. The highest BCUT2D eigenvalue weighted by Gasteiger charge is 2.14. The zero-order valence-corrected chi connectivity index (χ0v) is 9.17. The topological polar surface area (TPSA) is 50.9 Å². The molecule has 0 bridgehead atoms. The van der Waals surface area contributed by atoms with Crippen LogP contribution in [0.15, 0.2) is 18.5 Å². The van der Waals surface area contributed by atoms with E-state index >= 15 is 0 Å². The van der Waals surface area contributed by atoms with Gasteiger partial charge in [-0.3, -0.25) is 4.98 Å². The standard InChI is InChI=1S/C11H19N3/c1-4-11(2,3)8-14-10-7-13-6-5-9(10)12/h5-7,14H,4,8H2,1-3H3,(H2,12,13). The van der Waals surface area contributed by atoms with Crippen LogP contribution in [-0.4, -0.2) is 11.5 Å². The maximum absolute atomic E-state index is 5.79. The molecule has 1 aromatic heterocycles. The molecule has 1 aromatic rings. The number of aromatic nitrogens is 1. The van der Waals surface area contributed by atoms with Gasteiger partial charge >= 0.3 is 0 Å². The molecule has 0 radical (unpaired) electrons. The van der Waals surface area contributed by atoms with Gasteiger partial charge in [0.15, 0.2) is 0 Å². The van der Waals surface area contributed by atoms with Crippen molar-refractivity contribution in [2.45, 2.75) is 27.2 Å². The Morgan fingerprint density at radius 3 is 2.79 bits per heavy atom. The Hall–Kier alpha value is -1.25. The Balaban J connectivity index is 2.58. The van der Waals surface area contributed by atoms with Crippen molar-refractivity contribution < 1.29 is 0 Å². The number of anilines is 2. The second kappa shape index (κ2) is 4.31. The second-order valence-electron chi connectivity index (χ2n) is 4.33. The van der Waals surface area contributed by atoms with Gasteiger partial charge in [-0.25, -0.2) is 0 Å². The highest BCUT2D eigenvalue weighted by molar-refractivity contribution is 5.64. The Morgan fingerprint density at radius 2 is 2.21 bits per heavy atom. The molecule has 78 valence electrons. The molecular weight excluding hydrogens is 174 g/mol. The van der Waals surface area contributed by atoms with Crippen molar-refractivity contribution in [2.75, 3.05) is 17.6 Å². The van der Waals surface area contributed by atoms with Crippen LogP contribution in [0.2, 0.25) is 0 Å². The Morgan fingerprint density at radius 1 is 1.50 bits per heavy atom. The minimum absolute atomic E-state index is 0.294. The van der Waals surface area contributed by atoms with Crippen molar-refractivity contribution >= 4 is 11.4 Å². The maximum atomic E-state index is 5.79. The number of hydrogen-bond donors (Lipinski definition) is 2. The van der Waals surface area contributed by atoms with Gasteiger partial charge in [-0.1, -0.05) is 20.8 Å². The summed E-state index contributed by atoms with van der Waals surface area (Å²) in [6.45, 7) is 7.56. The van der Waals surface area contributed by atoms with Crippen LogP contribution in [0.1, 0.15) is 27.2 Å². The highest BCUT2D eigenvalue weighted by Crippen LogP contribution is 2.22. The molecule has 0 saturated heterocycles. The van der Waals surface area contributed by atoms with Crippen LogP contribution in [0.3, 0.4) is 0 Å². The first-order chi connectivity index (χ1) is 6.55. The summed E-state index contributed by atoms with van der Waals surface area (Å²) in [5.41, 5.74) is 7.76. The normalized spacial score (nSPS) is 11.4. The summed E-state index contributed by atoms with van der Waals surface area (Å²) in [6, 6.07) is 1.81. The average Bonchev–Trinajstić information content (AvgIpc) is 2.17. The van der Waals surface area contributed by atoms with E-state index in [1.165, 1.54) is 0 Å². The zero-order valence-electron chi connectivity index (χ0n) is 9.17. The van der Waals surface area contributed by atoms with Crippen molar-refractivity contribution in [2.24, 2.45) is 5.41 Å². The highest BCUT2D eigenvalue weighted by atomic mass is 14.9. The summed E-state index contributed by atoms with van der Waals surface area (Å²) in [5, 5.41) is 3.32. The first-order valence-electron chi connectivity index (χ1n) is 4.98. The van der Waals surface area contributed by atoms with Gasteiger partial charge in [-0.05, 0) is 17.9 Å². The molecule has 0 unspecified atom stereocenters. The number of nitrogens with two attached hydrogens (primary N) is 1. The molecule has 14 heavy (non-hydrogen) atoms. The molecule has 0 aliphatic rings. The SMILES string of the molecule is CCC(C)(C)CNc1cnccc1N. The fourth-order valence-corrected chi connectivity index (χ4v) is 1.01. The smallest absolute Gasteiger partial charge is 0.0760 e. The number of rotatable bonds is 4. The van der Waals surface area contributed by atoms with E-state index in [9.17, 15) is 0 Å². The lowest BCUT2D eigenvalue weighted by molar-refractivity contribution is 0.377. The fraction of sp³-hybridized carbons (Fsp3) is 0.545. The van der Waals surface area contributed by atoms with Crippen molar-refractivity contribution in [1.82, 2.24) is 4.98 Å². The van der Waals surface area contributed by atoms with Crippen LogP contribution in [0.4, 0.5) is 11.4 Å². The van der Waals surface area contributed by atoms with E-state index < -0.39 is 0 Å². The molecule has 3 heteroatoms. The van der Waals surface area contributed by atoms with Crippen molar-refractivity contribution in [1.29, 1.82) is 0 Å². The Kier molecular flexibility index (Phi) is 3.33. The molecule has 0 spiro atoms. The number of nitrogens with one attached hydrogen (secondary N) is 1. The van der Waals surface area contributed by atoms with E-state index in [0.717, 1.165) is 24.3 Å². The predicted octanol–water partition coefficient (Wildman–Crippen LogP) is 2.51. The van der Waals surface area contributed by atoms with Gasteiger partial charge < -0.3 is 11.1 Å². The predicted molar refractivity (Wildman–Crippen MR) is 61.2 cm³/mol. The third-order valence-corrected chi connectivity index (χ3v) is 2.57. The minimum Gasteiger partial charge on any atom is -0.397 e. The third-order valence-electron chi connectivity index (χ3n) is 2.57. The summed E-state index contributed by atoms with van der Waals surface area (Å²) in [7, 11) is 0. The summed E-state index contributed by atoms with van der Waals surface area (Å²) in [4.78, 5) is 4.03. The Labute approximate surface area is 85.7 Å². The Bertz CT molecular complexity index is 294. The molecule has 1 rings (SSSR count). The van der Waals surface area contributed by atoms with Gasteiger partial charge in [-0.2, -0.15) is 0 Å². The van der Waals surface area contributed by atoms with E-state index in [-0.39, 0.29) is 0 Å². The third kappa shape index (κ3) is 2.91. The fourth-order valence-electron chi connectivity index (χ4n) is 1.01. The van der Waals surface area contributed by atoms with Gasteiger partial charge in [0.1, 0.15) is 0 Å². The molecular formula is C11H19N3. The lowest BCUT2D eigenvalue weighted by Gasteiger charge is -2.23. The first-order valence-corrected chi connectivity index (χ1v) is 4.98. The van der Waals surface area contributed by atoms with Crippen LogP contribution < -0.4 is 11.1 Å². The van der Waals surface area contributed by atoms with Crippen molar-refractivity contribution in [3.63, 3.8) is 0 Å². The van der Waals surface area contributed by atoms with Crippen LogP contribution in [-0.2, 0) is 0 Å². The van der Waals surface area contributed by atoms with E-state index in [1.807, 2.05) is 0 Å². The molecule has 1 heterocycles. The number of nitrogens with zero attached hydrogens (tertiary/aromatic N) is 1. The molecule has 0 saturated carbocycles. The molecule has 0 aromatic carbocycles. The van der Waals surface area contributed by atoms with Crippen molar-refractivity contribution in [3.8, 4) is 0 Å². The van der Waals surface area contributed by atoms with Crippen LogP contribution in [0.5, 0.6) is 0 Å². The molecule has 3 nitrogen and oxygen atoms in total. The lowest BCUT2D eigenvalue weighted by Crippen LogP contribution is -2.22. The molecule has 0 aliphatic carbocycles.